The van der Waals surface area contributed by atoms with Gasteiger partial charge >= 0.3 is 0 Å². The summed E-state index contributed by atoms with van der Waals surface area (Å²) < 4.78 is 2.28. The van der Waals surface area contributed by atoms with Crippen molar-refractivity contribution in [1.82, 2.24) is 9.55 Å². The lowest BCUT2D eigenvalue weighted by Gasteiger charge is -2.13. The second-order valence-corrected chi connectivity index (χ2v) is 6.79. The second kappa shape index (κ2) is 6.67. The molecule has 1 aromatic heterocycles. The van der Waals surface area contributed by atoms with E-state index in [1.54, 1.807) is 0 Å². The molecule has 0 saturated carbocycles. The first-order valence-electron chi connectivity index (χ1n) is 8.85. The number of hydrogen-bond donors (Lipinski definition) is 1. The van der Waals surface area contributed by atoms with Crippen molar-refractivity contribution in [2.45, 2.75) is 19.4 Å². The first-order valence-corrected chi connectivity index (χ1v) is 8.85. The first-order chi connectivity index (χ1) is 12.6. The van der Waals surface area contributed by atoms with E-state index in [2.05, 4.69) is 14.9 Å². The van der Waals surface area contributed by atoms with Crippen molar-refractivity contribution in [1.29, 1.82) is 0 Å². The predicted molar refractivity (Wildman–Crippen MR) is 105 cm³/mol. The van der Waals surface area contributed by atoms with Gasteiger partial charge in [-0.05, 0) is 42.3 Å². The summed E-state index contributed by atoms with van der Waals surface area (Å²) in [5, 5.41) is 2.97. The van der Waals surface area contributed by atoms with Gasteiger partial charge in [-0.3, -0.25) is 4.79 Å². The Morgan fingerprint density at radius 2 is 1.96 bits per heavy atom. The molecule has 132 valence electrons. The second-order valence-electron chi connectivity index (χ2n) is 6.79. The number of amides is 1. The highest BCUT2D eigenvalue weighted by Gasteiger charge is 2.16. The molecular formula is C21H22N4O. The number of fused-ring (bicyclic) bond motifs is 1. The van der Waals surface area contributed by atoms with Crippen LogP contribution in [-0.2, 0) is 13.0 Å². The molecule has 4 rings (SSSR count). The number of benzene rings is 2. The van der Waals surface area contributed by atoms with Crippen molar-refractivity contribution in [3.8, 4) is 11.3 Å². The smallest absolute Gasteiger partial charge is 0.255 e. The number of anilines is 2. The summed E-state index contributed by atoms with van der Waals surface area (Å²) in [6.07, 6.45) is 4.16. The Balaban J connectivity index is 1.50. The third kappa shape index (κ3) is 3.08. The highest BCUT2D eigenvalue weighted by atomic mass is 16.1. The molecule has 26 heavy (non-hydrogen) atoms. The lowest BCUT2D eigenvalue weighted by Crippen LogP contribution is -2.14. The molecule has 5 nitrogen and oxygen atoms in total. The minimum Gasteiger partial charge on any atom is -0.378 e. The number of aromatic nitrogens is 2. The van der Waals surface area contributed by atoms with Crippen LogP contribution in [0.5, 0.6) is 0 Å². The Labute approximate surface area is 153 Å². The number of nitrogens with zero attached hydrogens (tertiary/aromatic N) is 3. The fourth-order valence-corrected chi connectivity index (χ4v) is 3.34. The molecule has 5 heteroatoms. The molecule has 0 radical (unpaired) electrons. The Bertz CT molecular complexity index is 941. The summed E-state index contributed by atoms with van der Waals surface area (Å²) in [6, 6.07) is 15.5. The predicted octanol–water partition coefficient (Wildman–Crippen LogP) is 3.81. The van der Waals surface area contributed by atoms with Crippen molar-refractivity contribution < 1.29 is 4.79 Å². The quantitative estimate of drug-likeness (QED) is 0.781. The number of aryl methyl sites for hydroxylation is 1. The summed E-state index contributed by atoms with van der Waals surface area (Å²) in [7, 11) is 3.92. The Morgan fingerprint density at radius 3 is 2.73 bits per heavy atom. The van der Waals surface area contributed by atoms with Crippen molar-refractivity contribution in [2.75, 3.05) is 24.3 Å². The van der Waals surface area contributed by atoms with Crippen LogP contribution in [-0.4, -0.2) is 29.6 Å². The van der Waals surface area contributed by atoms with Gasteiger partial charge in [0, 0.05) is 44.0 Å². The standard InChI is InChI=1S/C21H22N4O/c1-24(2)18-6-3-5-16(13-18)21(26)23-17-10-8-15(9-11-17)19-14-22-20-7-4-12-25(19)20/h3,5-6,8-11,13-14H,4,7,12H2,1-2H3,(H,23,26). The van der Waals surface area contributed by atoms with E-state index in [9.17, 15) is 4.79 Å². The van der Waals surface area contributed by atoms with Gasteiger partial charge in [-0.1, -0.05) is 18.2 Å². The van der Waals surface area contributed by atoms with E-state index in [-0.39, 0.29) is 5.91 Å². The molecule has 3 aromatic rings. The molecule has 1 aliphatic heterocycles. The molecule has 0 fully saturated rings. The molecule has 0 aliphatic carbocycles. The maximum Gasteiger partial charge on any atom is 0.255 e. The average molecular weight is 346 g/mol. The van der Waals surface area contributed by atoms with Crippen LogP contribution >= 0.6 is 0 Å². The maximum absolute atomic E-state index is 12.5. The molecule has 2 heterocycles. The third-order valence-electron chi connectivity index (χ3n) is 4.78. The number of imidazole rings is 1. The number of carbonyl (C=O) groups excluding carboxylic acids is 1. The molecule has 0 atom stereocenters. The van der Waals surface area contributed by atoms with Gasteiger partial charge in [0.05, 0.1) is 11.9 Å². The van der Waals surface area contributed by atoms with Crippen molar-refractivity contribution in [3.05, 3.63) is 66.1 Å². The van der Waals surface area contributed by atoms with E-state index in [0.29, 0.717) is 5.56 Å². The van der Waals surface area contributed by atoms with Crippen LogP contribution in [0, 0.1) is 0 Å². The van der Waals surface area contributed by atoms with Crippen LogP contribution in [0.2, 0.25) is 0 Å². The summed E-state index contributed by atoms with van der Waals surface area (Å²) in [6.45, 7) is 1.03. The summed E-state index contributed by atoms with van der Waals surface area (Å²) in [5.41, 5.74) is 4.71. The molecule has 0 spiro atoms. The Kier molecular flexibility index (Phi) is 4.21. The third-order valence-corrected chi connectivity index (χ3v) is 4.78. The van der Waals surface area contributed by atoms with E-state index in [1.807, 2.05) is 73.7 Å². The van der Waals surface area contributed by atoms with Crippen molar-refractivity contribution >= 4 is 17.3 Å². The van der Waals surface area contributed by atoms with Gasteiger partial charge < -0.3 is 14.8 Å². The van der Waals surface area contributed by atoms with Gasteiger partial charge in [-0.15, -0.1) is 0 Å². The number of carbonyl (C=O) groups is 1. The zero-order chi connectivity index (χ0) is 18.1. The van der Waals surface area contributed by atoms with Gasteiger partial charge in [0.1, 0.15) is 5.82 Å². The molecule has 0 bridgehead atoms. The molecule has 0 unspecified atom stereocenters. The van der Waals surface area contributed by atoms with Gasteiger partial charge in [-0.2, -0.15) is 0 Å². The molecule has 1 amide bonds. The molecular weight excluding hydrogens is 324 g/mol. The van der Waals surface area contributed by atoms with E-state index >= 15 is 0 Å². The van der Waals surface area contributed by atoms with Crippen LogP contribution in [0.15, 0.2) is 54.7 Å². The van der Waals surface area contributed by atoms with Gasteiger partial charge in [0.15, 0.2) is 0 Å². The minimum atomic E-state index is -0.105. The Hall–Kier alpha value is -3.08. The normalized spacial score (nSPS) is 12.7. The van der Waals surface area contributed by atoms with E-state index in [4.69, 9.17) is 0 Å². The minimum absolute atomic E-state index is 0.105. The van der Waals surface area contributed by atoms with Gasteiger partial charge in [-0.25, -0.2) is 4.98 Å². The lowest BCUT2D eigenvalue weighted by molar-refractivity contribution is 0.102. The molecule has 1 aliphatic rings. The van der Waals surface area contributed by atoms with Crippen molar-refractivity contribution in [3.63, 3.8) is 0 Å². The molecule has 0 saturated heterocycles. The highest BCUT2D eigenvalue weighted by molar-refractivity contribution is 6.04. The fourth-order valence-electron chi connectivity index (χ4n) is 3.34. The van der Waals surface area contributed by atoms with Gasteiger partial charge in [0.25, 0.3) is 5.91 Å². The molecule has 2 aromatic carbocycles. The van der Waals surface area contributed by atoms with Crippen LogP contribution in [0.25, 0.3) is 11.3 Å². The first kappa shape index (κ1) is 16.4. The van der Waals surface area contributed by atoms with Crippen LogP contribution in [0.1, 0.15) is 22.6 Å². The van der Waals surface area contributed by atoms with Crippen LogP contribution < -0.4 is 10.2 Å². The van der Waals surface area contributed by atoms with Crippen LogP contribution in [0.4, 0.5) is 11.4 Å². The topological polar surface area (TPSA) is 50.2 Å². The zero-order valence-corrected chi connectivity index (χ0v) is 15.1. The lowest BCUT2D eigenvalue weighted by atomic mass is 10.1. The molecule has 1 N–H and O–H groups in total. The Morgan fingerprint density at radius 1 is 1.15 bits per heavy atom. The van der Waals surface area contributed by atoms with Crippen LogP contribution in [0.3, 0.4) is 0 Å². The summed E-state index contributed by atoms with van der Waals surface area (Å²) >= 11 is 0. The zero-order valence-electron chi connectivity index (χ0n) is 15.1. The SMILES string of the molecule is CN(C)c1cccc(C(=O)Nc2ccc(-c3cnc4n3CCC4)cc2)c1. The monoisotopic (exact) mass is 346 g/mol. The highest BCUT2D eigenvalue weighted by Crippen LogP contribution is 2.26. The van der Waals surface area contributed by atoms with E-state index < -0.39 is 0 Å². The average Bonchev–Trinajstić information content (AvgIpc) is 3.26. The number of nitrogens with one attached hydrogen (secondary N) is 1. The van der Waals surface area contributed by atoms with Crippen molar-refractivity contribution in [2.24, 2.45) is 0 Å². The summed E-state index contributed by atoms with van der Waals surface area (Å²) in [5.74, 6) is 1.06. The number of rotatable bonds is 4. The van der Waals surface area contributed by atoms with E-state index in [0.717, 1.165) is 47.8 Å². The maximum atomic E-state index is 12.5. The van der Waals surface area contributed by atoms with Gasteiger partial charge in [0.2, 0.25) is 0 Å². The van der Waals surface area contributed by atoms with E-state index in [1.165, 1.54) is 0 Å². The summed E-state index contributed by atoms with van der Waals surface area (Å²) in [4.78, 5) is 19.0. The largest absolute Gasteiger partial charge is 0.378 e. The number of hydrogen-bond acceptors (Lipinski definition) is 3. The fraction of sp³-hybridized carbons (Fsp3) is 0.238.